The molecule has 0 aliphatic heterocycles. The van der Waals surface area contributed by atoms with Crippen LogP contribution in [0.1, 0.15) is 33.4 Å². The van der Waals surface area contributed by atoms with Crippen LogP contribution < -0.4 is 10.1 Å². The zero-order chi connectivity index (χ0) is 13.8. The Kier molecular flexibility index (Phi) is 5.16. The van der Waals surface area contributed by atoms with Crippen molar-refractivity contribution in [3.8, 4) is 5.75 Å². The molecule has 0 saturated carbocycles. The van der Waals surface area contributed by atoms with E-state index in [-0.39, 0.29) is 0 Å². The molecule has 1 rings (SSSR count). The molecular formula is C13H25N3O2. The van der Waals surface area contributed by atoms with Gasteiger partial charge in [0.15, 0.2) is 5.75 Å². The van der Waals surface area contributed by atoms with Gasteiger partial charge in [0.05, 0.1) is 13.3 Å². The summed E-state index contributed by atoms with van der Waals surface area (Å²) in [5.41, 5.74) is -0.268. The third-order valence-electron chi connectivity index (χ3n) is 2.86. The van der Waals surface area contributed by atoms with Gasteiger partial charge in [-0.05, 0) is 26.3 Å². The van der Waals surface area contributed by atoms with Crippen molar-refractivity contribution < 1.29 is 9.84 Å². The molecule has 18 heavy (non-hydrogen) atoms. The summed E-state index contributed by atoms with van der Waals surface area (Å²) in [6, 6.07) is 0. The molecule has 1 unspecified atom stereocenters. The average molecular weight is 255 g/mol. The number of ether oxygens (including phenoxy) is 1. The lowest BCUT2D eigenvalue weighted by Crippen LogP contribution is -2.39. The van der Waals surface area contributed by atoms with E-state index in [1.807, 2.05) is 6.92 Å². The minimum atomic E-state index is -0.993. The van der Waals surface area contributed by atoms with Gasteiger partial charge in [0.2, 0.25) is 0 Å². The van der Waals surface area contributed by atoms with E-state index in [2.05, 4.69) is 24.3 Å². The number of aryl methyl sites for hydroxylation is 1. The Morgan fingerprint density at radius 1 is 1.56 bits per heavy atom. The van der Waals surface area contributed by atoms with Crippen LogP contribution in [-0.4, -0.2) is 35.1 Å². The van der Waals surface area contributed by atoms with E-state index in [0.29, 0.717) is 24.8 Å². The number of methoxy groups -OCH3 is 1. The Morgan fingerprint density at radius 3 is 2.72 bits per heavy atom. The molecule has 0 aliphatic rings. The molecule has 0 saturated heterocycles. The first kappa shape index (κ1) is 15.0. The second-order valence-corrected chi connectivity index (χ2v) is 5.18. The summed E-state index contributed by atoms with van der Waals surface area (Å²) >= 11 is 0. The lowest BCUT2D eigenvalue weighted by Gasteiger charge is -2.26. The second-order valence-electron chi connectivity index (χ2n) is 5.18. The largest absolute Gasteiger partial charge is 0.493 e. The van der Waals surface area contributed by atoms with Gasteiger partial charge in [0.25, 0.3) is 0 Å². The summed E-state index contributed by atoms with van der Waals surface area (Å²) in [5, 5.41) is 18.1. The molecule has 0 spiro atoms. The SMILES string of the molecule is CCn1ncc(OC)c1C(C)(O)CNCC(C)C. The summed E-state index contributed by atoms with van der Waals surface area (Å²) in [7, 11) is 1.60. The van der Waals surface area contributed by atoms with E-state index >= 15 is 0 Å². The van der Waals surface area contributed by atoms with Gasteiger partial charge < -0.3 is 15.2 Å². The lowest BCUT2D eigenvalue weighted by atomic mass is 10.0. The van der Waals surface area contributed by atoms with E-state index in [9.17, 15) is 5.11 Å². The predicted molar refractivity (Wildman–Crippen MR) is 71.7 cm³/mol. The Balaban J connectivity index is 2.85. The van der Waals surface area contributed by atoms with Crippen LogP contribution in [0.2, 0.25) is 0 Å². The van der Waals surface area contributed by atoms with Gasteiger partial charge >= 0.3 is 0 Å². The first-order valence-electron chi connectivity index (χ1n) is 6.45. The first-order valence-corrected chi connectivity index (χ1v) is 6.45. The van der Waals surface area contributed by atoms with Crippen LogP contribution in [0.15, 0.2) is 6.20 Å². The highest BCUT2D eigenvalue weighted by Crippen LogP contribution is 2.29. The Labute approximate surface area is 109 Å². The molecular weight excluding hydrogens is 230 g/mol. The van der Waals surface area contributed by atoms with Crippen LogP contribution in [0.5, 0.6) is 5.75 Å². The molecule has 0 amide bonds. The molecule has 1 aromatic heterocycles. The second kappa shape index (κ2) is 6.20. The molecule has 104 valence electrons. The maximum absolute atomic E-state index is 10.6. The van der Waals surface area contributed by atoms with Gasteiger partial charge in [0.1, 0.15) is 11.3 Å². The summed E-state index contributed by atoms with van der Waals surface area (Å²) < 4.78 is 7.04. The molecule has 5 heteroatoms. The summed E-state index contributed by atoms with van der Waals surface area (Å²) in [6.45, 7) is 10.1. The third kappa shape index (κ3) is 3.46. The van der Waals surface area contributed by atoms with Gasteiger partial charge in [-0.2, -0.15) is 5.10 Å². The van der Waals surface area contributed by atoms with Gasteiger partial charge in [-0.1, -0.05) is 13.8 Å². The van der Waals surface area contributed by atoms with E-state index in [1.54, 1.807) is 24.9 Å². The van der Waals surface area contributed by atoms with E-state index < -0.39 is 5.60 Å². The Bertz CT molecular complexity index is 351. The molecule has 5 nitrogen and oxygen atoms in total. The van der Waals surface area contributed by atoms with Gasteiger partial charge in [-0.15, -0.1) is 0 Å². The van der Waals surface area contributed by atoms with Crippen LogP contribution >= 0.6 is 0 Å². The molecule has 0 aliphatic carbocycles. The van der Waals surface area contributed by atoms with E-state index in [1.165, 1.54) is 0 Å². The molecule has 1 heterocycles. The summed E-state index contributed by atoms with van der Waals surface area (Å²) in [6.07, 6.45) is 1.65. The highest BCUT2D eigenvalue weighted by atomic mass is 16.5. The molecule has 0 aromatic carbocycles. The first-order chi connectivity index (χ1) is 8.42. The van der Waals surface area contributed by atoms with Gasteiger partial charge in [-0.3, -0.25) is 4.68 Å². The number of hydrogen-bond donors (Lipinski definition) is 2. The molecule has 0 bridgehead atoms. The summed E-state index contributed by atoms with van der Waals surface area (Å²) in [4.78, 5) is 0. The zero-order valence-corrected chi connectivity index (χ0v) is 12.0. The lowest BCUT2D eigenvalue weighted by molar-refractivity contribution is 0.0445. The van der Waals surface area contributed by atoms with Crippen LogP contribution in [0.4, 0.5) is 0 Å². The van der Waals surface area contributed by atoms with Crippen molar-refractivity contribution in [3.63, 3.8) is 0 Å². The standard InChI is InChI=1S/C13H25N3O2/c1-6-16-12(11(18-5)8-15-16)13(4,17)9-14-7-10(2)3/h8,10,14,17H,6-7,9H2,1-5H3. The Hall–Kier alpha value is -1.07. The smallest absolute Gasteiger partial charge is 0.162 e. The number of rotatable bonds is 7. The van der Waals surface area contributed by atoms with Crippen molar-refractivity contribution in [1.82, 2.24) is 15.1 Å². The fourth-order valence-corrected chi connectivity index (χ4v) is 1.99. The van der Waals surface area contributed by atoms with E-state index in [0.717, 1.165) is 12.2 Å². The summed E-state index contributed by atoms with van der Waals surface area (Å²) in [5.74, 6) is 1.19. The fourth-order valence-electron chi connectivity index (χ4n) is 1.99. The van der Waals surface area contributed by atoms with Crippen molar-refractivity contribution in [3.05, 3.63) is 11.9 Å². The van der Waals surface area contributed by atoms with Crippen molar-refractivity contribution in [1.29, 1.82) is 0 Å². The third-order valence-corrected chi connectivity index (χ3v) is 2.86. The van der Waals surface area contributed by atoms with Crippen molar-refractivity contribution in [2.24, 2.45) is 5.92 Å². The van der Waals surface area contributed by atoms with Crippen LogP contribution in [0.25, 0.3) is 0 Å². The number of aromatic nitrogens is 2. The highest BCUT2D eigenvalue weighted by Gasteiger charge is 2.31. The molecule has 1 aromatic rings. The monoisotopic (exact) mass is 255 g/mol. The van der Waals surface area contributed by atoms with Crippen molar-refractivity contribution in [2.45, 2.75) is 39.8 Å². The number of nitrogens with one attached hydrogen (secondary N) is 1. The van der Waals surface area contributed by atoms with Gasteiger partial charge in [0, 0.05) is 13.1 Å². The van der Waals surface area contributed by atoms with Gasteiger partial charge in [-0.25, -0.2) is 0 Å². The minimum Gasteiger partial charge on any atom is -0.493 e. The number of hydrogen-bond acceptors (Lipinski definition) is 4. The molecule has 1 atom stereocenters. The maximum atomic E-state index is 10.6. The zero-order valence-electron chi connectivity index (χ0n) is 12.0. The topological polar surface area (TPSA) is 59.3 Å². The van der Waals surface area contributed by atoms with Crippen molar-refractivity contribution in [2.75, 3.05) is 20.2 Å². The van der Waals surface area contributed by atoms with Crippen LogP contribution in [0.3, 0.4) is 0 Å². The van der Waals surface area contributed by atoms with Crippen LogP contribution in [-0.2, 0) is 12.1 Å². The van der Waals surface area contributed by atoms with E-state index in [4.69, 9.17) is 4.74 Å². The molecule has 2 N–H and O–H groups in total. The fraction of sp³-hybridized carbons (Fsp3) is 0.769. The van der Waals surface area contributed by atoms with Crippen molar-refractivity contribution >= 4 is 0 Å². The van der Waals surface area contributed by atoms with Crippen LogP contribution in [0, 0.1) is 5.92 Å². The maximum Gasteiger partial charge on any atom is 0.162 e. The number of aliphatic hydroxyl groups is 1. The molecule has 0 radical (unpaired) electrons. The Morgan fingerprint density at radius 2 is 2.22 bits per heavy atom. The minimum absolute atomic E-state index is 0.479. The average Bonchev–Trinajstić information content (AvgIpc) is 2.71. The highest BCUT2D eigenvalue weighted by molar-refractivity contribution is 5.30. The quantitative estimate of drug-likeness (QED) is 0.772. The number of nitrogens with zero attached hydrogens (tertiary/aromatic N) is 2. The normalized spacial score (nSPS) is 14.8. The molecule has 0 fully saturated rings. The predicted octanol–water partition coefficient (Wildman–Crippen LogP) is 1.36.